The minimum Gasteiger partial charge on any atom is -0.392 e. The number of hydrogen-bond donors (Lipinski definition) is 4. The van der Waals surface area contributed by atoms with Crippen molar-refractivity contribution in [1.82, 2.24) is 15.4 Å². The highest BCUT2D eigenvalue weighted by molar-refractivity contribution is 7.89. The van der Waals surface area contributed by atoms with Gasteiger partial charge in [0.1, 0.15) is 0 Å². The number of carbonyl (C=O) groups excluding carboxylic acids is 1. The molecule has 0 spiro atoms. The van der Waals surface area contributed by atoms with Crippen LogP contribution in [-0.2, 0) is 21.4 Å². The Labute approximate surface area is 130 Å². The van der Waals surface area contributed by atoms with Gasteiger partial charge < -0.3 is 15.7 Å². The standard InChI is InChI=1S/C14H21N3O4S/c18-12-8-13(16-10-12)14(19)15-6-7-22(20,21)17-9-11-4-2-1-3-5-11/h1-5,12-13,16-18H,6-10H2,(H,15,19). The van der Waals surface area contributed by atoms with E-state index in [-0.39, 0.29) is 24.7 Å². The fourth-order valence-electron chi connectivity index (χ4n) is 2.21. The molecule has 1 heterocycles. The first-order valence-electron chi connectivity index (χ1n) is 7.17. The average Bonchev–Trinajstić information content (AvgIpc) is 2.93. The van der Waals surface area contributed by atoms with Crippen molar-refractivity contribution in [2.45, 2.75) is 25.1 Å². The summed E-state index contributed by atoms with van der Waals surface area (Å²) in [4.78, 5) is 11.8. The van der Waals surface area contributed by atoms with Gasteiger partial charge in [0.2, 0.25) is 15.9 Å². The Kier molecular flexibility index (Phi) is 5.90. The van der Waals surface area contributed by atoms with Gasteiger partial charge in [-0.1, -0.05) is 30.3 Å². The quantitative estimate of drug-likeness (QED) is 0.511. The predicted molar refractivity (Wildman–Crippen MR) is 82.5 cm³/mol. The Morgan fingerprint density at radius 1 is 1.32 bits per heavy atom. The molecule has 122 valence electrons. The molecule has 2 unspecified atom stereocenters. The molecular formula is C14H21N3O4S. The maximum atomic E-state index is 11.8. The summed E-state index contributed by atoms with van der Waals surface area (Å²) in [6.45, 7) is 0.653. The number of amides is 1. The number of sulfonamides is 1. The largest absolute Gasteiger partial charge is 0.392 e. The van der Waals surface area contributed by atoms with Crippen LogP contribution in [-0.4, -0.2) is 50.4 Å². The van der Waals surface area contributed by atoms with E-state index >= 15 is 0 Å². The Hall–Kier alpha value is -1.48. The molecule has 0 bridgehead atoms. The van der Waals surface area contributed by atoms with Crippen molar-refractivity contribution < 1.29 is 18.3 Å². The minimum absolute atomic E-state index is 0.0389. The molecule has 1 aliphatic heterocycles. The van der Waals surface area contributed by atoms with E-state index in [0.717, 1.165) is 5.56 Å². The normalized spacial score (nSPS) is 21.7. The molecule has 0 aliphatic carbocycles. The number of aliphatic hydroxyl groups is 1. The van der Waals surface area contributed by atoms with Gasteiger partial charge in [-0.2, -0.15) is 0 Å². The van der Waals surface area contributed by atoms with Gasteiger partial charge >= 0.3 is 0 Å². The lowest BCUT2D eigenvalue weighted by molar-refractivity contribution is -0.122. The molecule has 2 rings (SSSR count). The van der Waals surface area contributed by atoms with Crippen molar-refractivity contribution >= 4 is 15.9 Å². The highest BCUT2D eigenvalue weighted by Crippen LogP contribution is 2.05. The molecule has 1 aromatic carbocycles. The van der Waals surface area contributed by atoms with Crippen LogP contribution < -0.4 is 15.4 Å². The second kappa shape index (κ2) is 7.68. The summed E-state index contributed by atoms with van der Waals surface area (Å²) in [7, 11) is -3.44. The van der Waals surface area contributed by atoms with Gasteiger partial charge in [0, 0.05) is 19.6 Å². The molecular weight excluding hydrogens is 306 g/mol. The fourth-order valence-corrected chi connectivity index (χ4v) is 3.11. The Morgan fingerprint density at radius 2 is 2.05 bits per heavy atom. The number of hydrogen-bond acceptors (Lipinski definition) is 5. The molecule has 0 saturated carbocycles. The topological polar surface area (TPSA) is 108 Å². The lowest BCUT2D eigenvalue weighted by Crippen LogP contribution is -2.43. The maximum absolute atomic E-state index is 11.8. The van der Waals surface area contributed by atoms with Gasteiger partial charge in [-0.15, -0.1) is 0 Å². The molecule has 8 heteroatoms. The highest BCUT2D eigenvalue weighted by atomic mass is 32.2. The molecule has 1 amide bonds. The molecule has 1 fully saturated rings. The van der Waals surface area contributed by atoms with Crippen LogP contribution in [0.1, 0.15) is 12.0 Å². The zero-order valence-electron chi connectivity index (χ0n) is 12.2. The zero-order chi connectivity index (χ0) is 16.0. The molecule has 7 nitrogen and oxygen atoms in total. The lowest BCUT2D eigenvalue weighted by Gasteiger charge is -2.11. The van der Waals surface area contributed by atoms with Crippen LogP contribution in [0.4, 0.5) is 0 Å². The molecule has 1 saturated heterocycles. The monoisotopic (exact) mass is 327 g/mol. The van der Waals surface area contributed by atoms with E-state index in [4.69, 9.17) is 0 Å². The average molecular weight is 327 g/mol. The van der Waals surface area contributed by atoms with Crippen molar-refractivity contribution in [1.29, 1.82) is 0 Å². The second-order valence-electron chi connectivity index (χ2n) is 5.27. The molecule has 22 heavy (non-hydrogen) atoms. The van der Waals surface area contributed by atoms with E-state index in [1.807, 2.05) is 30.3 Å². The summed E-state index contributed by atoms with van der Waals surface area (Å²) in [5, 5.41) is 14.8. The van der Waals surface area contributed by atoms with Crippen LogP contribution in [0.2, 0.25) is 0 Å². The smallest absolute Gasteiger partial charge is 0.237 e. The van der Waals surface area contributed by atoms with Gasteiger partial charge in [-0.3, -0.25) is 4.79 Å². The molecule has 1 aliphatic rings. The molecule has 0 aromatic heterocycles. The van der Waals surface area contributed by atoms with Gasteiger partial charge in [0.25, 0.3) is 0 Å². The molecule has 1 aromatic rings. The predicted octanol–water partition coefficient (Wildman–Crippen LogP) is -1.05. The first kappa shape index (κ1) is 16.9. The van der Waals surface area contributed by atoms with E-state index in [2.05, 4.69) is 15.4 Å². The Bertz CT molecular complexity index is 591. The van der Waals surface area contributed by atoms with E-state index in [9.17, 15) is 18.3 Å². The SMILES string of the molecule is O=C(NCCS(=O)(=O)NCc1ccccc1)C1CC(O)CN1. The number of aliphatic hydroxyl groups excluding tert-OH is 1. The van der Waals surface area contributed by atoms with Crippen molar-refractivity contribution in [3.8, 4) is 0 Å². The number of benzene rings is 1. The fraction of sp³-hybridized carbons (Fsp3) is 0.500. The van der Waals surface area contributed by atoms with Crippen molar-refractivity contribution in [3.63, 3.8) is 0 Å². The second-order valence-corrected chi connectivity index (χ2v) is 7.19. The van der Waals surface area contributed by atoms with Gasteiger partial charge in [-0.25, -0.2) is 13.1 Å². The third-order valence-corrected chi connectivity index (χ3v) is 4.76. The number of β-amino-alcohol motifs (C(OH)–C–C–N with tert-alkyl or cyclic N) is 1. The van der Waals surface area contributed by atoms with E-state index in [0.29, 0.717) is 13.0 Å². The minimum atomic E-state index is -3.44. The Morgan fingerprint density at radius 3 is 2.68 bits per heavy atom. The van der Waals surface area contributed by atoms with Crippen molar-refractivity contribution in [2.75, 3.05) is 18.8 Å². The summed E-state index contributed by atoms with van der Waals surface area (Å²) in [6.07, 6.45) is -0.169. The number of rotatable bonds is 7. The third kappa shape index (κ3) is 5.38. The van der Waals surface area contributed by atoms with Crippen LogP contribution in [0.3, 0.4) is 0 Å². The zero-order valence-corrected chi connectivity index (χ0v) is 13.0. The van der Waals surface area contributed by atoms with E-state index in [1.165, 1.54) is 0 Å². The van der Waals surface area contributed by atoms with Crippen LogP contribution in [0.15, 0.2) is 30.3 Å². The summed E-state index contributed by atoms with van der Waals surface area (Å²) >= 11 is 0. The number of nitrogens with one attached hydrogen (secondary N) is 3. The first-order chi connectivity index (χ1) is 10.5. The third-order valence-electron chi connectivity index (χ3n) is 3.43. The van der Waals surface area contributed by atoms with E-state index in [1.54, 1.807) is 0 Å². The number of carbonyl (C=O) groups is 1. The highest BCUT2D eigenvalue weighted by Gasteiger charge is 2.27. The summed E-state index contributed by atoms with van der Waals surface area (Å²) < 4.78 is 26.2. The van der Waals surface area contributed by atoms with Crippen LogP contribution >= 0.6 is 0 Å². The van der Waals surface area contributed by atoms with Crippen molar-refractivity contribution in [2.24, 2.45) is 0 Å². The van der Waals surface area contributed by atoms with Gasteiger partial charge in [0.05, 0.1) is 17.9 Å². The Balaban J connectivity index is 1.70. The van der Waals surface area contributed by atoms with Crippen LogP contribution in [0.5, 0.6) is 0 Å². The van der Waals surface area contributed by atoms with Crippen molar-refractivity contribution in [3.05, 3.63) is 35.9 Å². The lowest BCUT2D eigenvalue weighted by atomic mass is 10.2. The van der Waals surface area contributed by atoms with E-state index < -0.39 is 22.2 Å². The molecule has 4 N–H and O–H groups in total. The summed E-state index contributed by atoms with van der Waals surface area (Å²) in [5.41, 5.74) is 0.874. The van der Waals surface area contributed by atoms with Gasteiger partial charge in [0.15, 0.2) is 0 Å². The first-order valence-corrected chi connectivity index (χ1v) is 8.82. The van der Waals surface area contributed by atoms with Gasteiger partial charge in [-0.05, 0) is 12.0 Å². The molecule has 0 radical (unpaired) electrons. The summed E-state index contributed by atoms with van der Waals surface area (Å²) in [6, 6.07) is 8.76. The van der Waals surface area contributed by atoms with Crippen LogP contribution in [0.25, 0.3) is 0 Å². The molecule has 2 atom stereocenters. The summed E-state index contributed by atoms with van der Waals surface area (Å²) in [5.74, 6) is -0.462. The maximum Gasteiger partial charge on any atom is 0.237 e. The van der Waals surface area contributed by atoms with Crippen LogP contribution in [0, 0.1) is 0 Å².